The number of aliphatic hydroxyl groups is 1. The Kier molecular flexibility index (Phi) is 4.79. The number of urea groups is 1. The van der Waals surface area contributed by atoms with Gasteiger partial charge in [-0.3, -0.25) is 25.1 Å². The molecule has 5 atom stereocenters. The zero-order valence-electron chi connectivity index (χ0n) is 19.2. The minimum absolute atomic E-state index is 0.0397. The molecule has 5 heterocycles. The van der Waals surface area contributed by atoms with Crippen LogP contribution in [0, 0.1) is 5.41 Å². The molecule has 0 saturated carbocycles. The number of barbiturate groups is 1. The Bertz CT molecular complexity index is 1310. The van der Waals surface area contributed by atoms with E-state index in [1.165, 1.54) is 9.80 Å². The first-order valence-electron chi connectivity index (χ1n) is 11.4. The first kappa shape index (κ1) is 22.7. The van der Waals surface area contributed by atoms with Crippen LogP contribution in [-0.2, 0) is 25.5 Å². The predicted molar refractivity (Wildman–Crippen MR) is 118 cm³/mol. The van der Waals surface area contributed by atoms with E-state index in [2.05, 4.69) is 15.8 Å². The average molecular weight is 503 g/mol. The van der Waals surface area contributed by atoms with Gasteiger partial charge in [-0.2, -0.15) is 0 Å². The highest BCUT2D eigenvalue weighted by atomic mass is 19.1. The van der Waals surface area contributed by atoms with Crippen molar-refractivity contribution in [3.05, 3.63) is 17.7 Å². The lowest BCUT2D eigenvalue weighted by atomic mass is 9.66. The van der Waals surface area contributed by atoms with Crippen molar-refractivity contribution in [3.63, 3.8) is 0 Å². The molecule has 14 heteroatoms. The van der Waals surface area contributed by atoms with Gasteiger partial charge in [0.25, 0.3) is 0 Å². The third-order valence-electron chi connectivity index (χ3n) is 7.33. The van der Waals surface area contributed by atoms with E-state index in [0.29, 0.717) is 16.6 Å². The van der Waals surface area contributed by atoms with Crippen LogP contribution in [-0.4, -0.2) is 78.0 Å². The maximum atomic E-state index is 15.7. The highest BCUT2D eigenvalue weighted by Gasteiger charge is 2.64. The second-order valence-electron chi connectivity index (χ2n) is 9.44. The van der Waals surface area contributed by atoms with E-state index in [9.17, 15) is 24.3 Å². The van der Waals surface area contributed by atoms with E-state index < -0.39 is 60.0 Å². The summed E-state index contributed by atoms with van der Waals surface area (Å²) in [4.78, 5) is 53.3. The monoisotopic (exact) mass is 503 g/mol. The van der Waals surface area contributed by atoms with Crippen LogP contribution >= 0.6 is 0 Å². The smallest absolute Gasteiger partial charge is 0.416 e. The molecule has 3 N–H and O–H groups in total. The third kappa shape index (κ3) is 2.91. The van der Waals surface area contributed by atoms with Crippen LogP contribution in [0.5, 0.6) is 0 Å². The number of amides is 5. The van der Waals surface area contributed by atoms with Crippen LogP contribution in [0.15, 0.2) is 16.7 Å². The van der Waals surface area contributed by atoms with Crippen molar-refractivity contribution in [3.8, 4) is 0 Å². The number of anilines is 2. The number of nitrogens with zero attached hydrogens (tertiary/aromatic N) is 3. The zero-order chi connectivity index (χ0) is 25.5. The molecular formula is C22H22FN5O8. The van der Waals surface area contributed by atoms with Crippen molar-refractivity contribution in [2.45, 2.75) is 50.9 Å². The van der Waals surface area contributed by atoms with E-state index in [1.807, 2.05) is 0 Å². The first-order valence-corrected chi connectivity index (χ1v) is 11.4. The number of carbonyl (C=O) groups excluding carboxylic acids is 4. The molecule has 5 amide bonds. The summed E-state index contributed by atoms with van der Waals surface area (Å²) in [6.45, 7) is 2.86. The van der Waals surface area contributed by atoms with Gasteiger partial charge >= 0.3 is 12.1 Å². The molecule has 6 rings (SSSR count). The topological polar surface area (TPSA) is 164 Å². The van der Waals surface area contributed by atoms with E-state index >= 15 is 4.39 Å². The van der Waals surface area contributed by atoms with Gasteiger partial charge in [0.15, 0.2) is 23.1 Å². The molecule has 1 unspecified atom stereocenters. The molecule has 3 fully saturated rings. The van der Waals surface area contributed by atoms with Gasteiger partial charge in [-0.25, -0.2) is 14.0 Å². The number of hydrogen-bond acceptors (Lipinski definition) is 10. The lowest BCUT2D eigenvalue weighted by Gasteiger charge is -2.56. The Balaban J connectivity index is 1.53. The van der Waals surface area contributed by atoms with Crippen molar-refractivity contribution < 1.29 is 42.7 Å². The van der Waals surface area contributed by atoms with Gasteiger partial charge in [-0.1, -0.05) is 5.16 Å². The minimum atomic E-state index is -1.87. The molecular weight excluding hydrogens is 481 g/mol. The van der Waals surface area contributed by atoms with Gasteiger partial charge < -0.3 is 24.0 Å². The van der Waals surface area contributed by atoms with Crippen molar-refractivity contribution in [2.24, 2.45) is 5.41 Å². The van der Waals surface area contributed by atoms with Gasteiger partial charge in [-0.15, -0.1) is 0 Å². The number of benzene rings is 1. The number of hydrogen-bond donors (Lipinski definition) is 3. The number of halogens is 1. The molecule has 0 bridgehead atoms. The highest BCUT2D eigenvalue weighted by Crippen LogP contribution is 2.50. The molecule has 13 nitrogen and oxygen atoms in total. The maximum absolute atomic E-state index is 15.7. The van der Waals surface area contributed by atoms with Crippen molar-refractivity contribution in [2.75, 3.05) is 23.0 Å². The molecule has 36 heavy (non-hydrogen) atoms. The zero-order valence-corrected chi connectivity index (χ0v) is 19.2. The fourth-order valence-corrected chi connectivity index (χ4v) is 5.77. The summed E-state index contributed by atoms with van der Waals surface area (Å²) in [7, 11) is 0. The quantitative estimate of drug-likeness (QED) is 0.384. The number of alkyl halides is 1. The number of aromatic nitrogens is 1. The molecule has 4 aliphatic heterocycles. The second-order valence-corrected chi connectivity index (χ2v) is 9.44. The number of nitrogens with one attached hydrogen (secondary N) is 2. The molecule has 1 aromatic carbocycles. The number of carbonyl (C=O) groups is 4. The predicted octanol–water partition coefficient (Wildman–Crippen LogP) is 0.332. The number of fused-ring (bicyclic) bond motifs is 5. The van der Waals surface area contributed by atoms with Crippen LogP contribution in [0.1, 0.15) is 19.4 Å². The number of aliphatic hydroxyl groups excluding tert-OH is 1. The van der Waals surface area contributed by atoms with E-state index in [4.69, 9.17) is 14.0 Å². The summed E-state index contributed by atoms with van der Waals surface area (Å²) in [6, 6.07) is 1.11. The van der Waals surface area contributed by atoms with Gasteiger partial charge in [-0.05, 0) is 31.9 Å². The van der Waals surface area contributed by atoms with Gasteiger partial charge in [0.05, 0.1) is 30.7 Å². The molecule has 2 aromatic rings. The number of ether oxygens (including phenoxy) is 2. The molecule has 1 spiro atoms. The molecule has 190 valence electrons. The van der Waals surface area contributed by atoms with E-state index in [0.717, 1.165) is 0 Å². The fraction of sp³-hybridized carbons (Fsp3) is 0.500. The second kappa shape index (κ2) is 7.61. The Hall–Kier alpha value is -3.78. The maximum Gasteiger partial charge on any atom is 0.416 e. The third-order valence-corrected chi connectivity index (χ3v) is 7.33. The molecule has 1 aromatic heterocycles. The van der Waals surface area contributed by atoms with Crippen LogP contribution < -0.4 is 20.4 Å². The number of cyclic esters (lactones) is 1. The average Bonchev–Trinajstić information content (AvgIpc) is 3.41. The molecule has 3 saturated heterocycles. The van der Waals surface area contributed by atoms with Crippen molar-refractivity contribution in [1.82, 2.24) is 15.8 Å². The molecule has 0 radical (unpaired) electrons. The summed E-state index contributed by atoms with van der Waals surface area (Å²) in [5, 5.41) is 18.0. The molecule has 0 aliphatic carbocycles. The van der Waals surface area contributed by atoms with Gasteiger partial charge in [0.1, 0.15) is 12.2 Å². The lowest BCUT2D eigenvalue weighted by molar-refractivity contribution is -0.159. The first-order chi connectivity index (χ1) is 17.1. The summed E-state index contributed by atoms with van der Waals surface area (Å²) in [5.41, 5.74) is -0.835. The van der Waals surface area contributed by atoms with Crippen LogP contribution in [0.3, 0.4) is 0 Å². The SMILES string of the molecule is C[C@@H]1O[C@H](C)C(F)N2c3cc4onc(N5C[C@H](CO)OC5=O)c4cc3CC3(C(=O)NC(=O)NC3=O)[C@@H]12. The Labute approximate surface area is 202 Å². The van der Waals surface area contributed by atoms with Gasteiger partial charge in [0, 0.05) is 11.8 Å². The number of rotatable bonds is 2. The van der Waals surface area contributed by atoms with Crippen LogP contribution in [0.2, 0.25) is 0 Å². The van der Waals surface area contributed by atoms with E-state index in [-0.39, 0.29) is 31.0 Å². The summed E-state index contributed by atoms with van der Waals surface area (Å²) in [5.74, 6) is -1.58. The number of morpholine rings is 1. The Morgan fingerprint density at radius 3 is 2.56 bits per heavy atom. The van der Waals surface area contributed by atoms with Crippen LogP contribution in [0.4, 0.5) is 25.5 Å². The van der Waals surface area contributed by atoms with E-state index in [1.54, 1.807) is 26.0 Å². The molecule has 4 aliphatic rings. The van der Waals surface area contributed by atoms with Gasteiger partial charge in [0.2, 0.25) is 11.8 Å². The number of imide groups is 2. The standard InChI is InChI=1S/C22H22FN5O8/c1-8-15-22(18(30)24-20(32)25-19(22)31)5-10-3-12-14(4-13(10)28(15)16(23)9(2)34-8)36-26-17(12)27-6-11(7-29)35-21(27)33/h3-4,8-9,11,15-16,29H,5-7H2,1-2H3,(H2,24,25,30,31,32)/t8-,9+,11+,15+,16?/m0/s1. The lowest BCUT2D eigenvalue weighted by Crippen LogP contribution is -2.76. The summed E-state index contributed by atoms with van der Waals surface area (Å²) in [6.07, 6.45) is -4.98. The Morgan fingerprint density at radius 1 is 1.17 bits per heavy atom. The van der Waals surface area contributed by atoms with Crippen LogP contribution in [0.25, 0.3) is 11.0 Å². The Morgan fingerprint density at radius 2 is 1.89 bits per heavy atom. The van der Waals surface area contributed by atoms with Crippen molar-refractivity contribution >= 4 is 46.4 Å². The fourth-order valence-electron chi connectivity index (χ4n) is 5.77. The summed E-state index contributed by atoms with van der Waals surface area (Å²) < 4.78 is 32.1. The van der Waals surface area contributed by atoms with Crippen molar-refractivity contribution in [1.29, 1.82) is 0 Å². The minimum Gasteiger partial charge on any atom is -0.441 e. The summed E-state index contributed by atoms with van der Waals surface area (Å²) >= 11 is 0. The normalized spacial score (nSPS) is 31.3. The highest BCUT2D eigenvalue weighted by molar-refractivity contribution is 6.20. The largest absolute Gasteiger partial charge is 0.441 e.